The Kier molecular flexibility index (Phi) is 9.71. The van der Waals surface area contributed by atoms with Crippen LogP contribution >= 0.6 is 23.2 Å². The van der Waals surface area contributed by atoms with E-state index in [0.29, 0.717) is 5.56 Å². The molecule has 4 atom stereocenters. The molecule has 1 saturated carbocycles. The summed E-state index contributed by atoms with van der Waals surface area (Å²) in [7, 11) is 1.28. The molecular formula is C30H33Cl2F5N2O5. The van der Waals surface area contributed by atoms with Crippen LogP contribution in [0.3, 0.4) is 0 Å². The number of alkyl halides is 4. The number of hydrogen-bond acceptors (Lipinski definition) is 6. The van der Waals surface area contributed by atoms with Crippen molar-refractivity contribution in [1.29, 1.82) is 0 Å². The van der Waals surface area contributed by atoms with Gasteiger partial charge in [-0.1, -0.05) is 23.2 Å². The maximum Gasteiger partial charge on any atom is 0.408 e. The maximum absolute atomic E-state index is 15.9. The summed E-state index contributed by atoms with van der Waals surface area (Å²) in [6, 6.07) is 3.31. The fraction of sp³-hybridized carbons (Fsp3) is 0.567. The van der Waals surface area contributed by atoms with Crippen molar-refractivity contribution in [1.82, 2.24) is 9.80 Å². The van der Waals surface area contributed by atoms with Crippen molar-refractivity contribution in [2.75, 3.05) is 33.5 Å². The van der Waals surface area contributed by atoms with E-state index in [0.717, 1.165) is 23.8 Å². The topological polar surface area (TPSA) is 71.5 Å². The highest BCUT2D eigenvalue weighted by atomic mass is 35.5. The highest BCUT2D eigenvalue weighted by molar-refractivity contribution is 6.34. The van der Waals surface area contributed by atoms with E-state index in [4.69, 9.17) is 37.4 Å². The molecule has 1 amide bonds. The molecule has 2 aliphatic heterocycles. The molecule has 3 aliphatic rings. The lowest BCUT2D eigenvalue weighted by atomic mass is 9.91. The molecule has 14 heteroatoms. The van der Waals surface area contributed by atoms with E-state index in [1.165, 1.54) is 36.3 Å². The molecular weight excluding hydrogens is 634 g/mol. The molecule has 2 unspecified atom stereocenters. The third kappa shape index (κ3) is 7.10. The number of piperidine rings is 1. The Morgan fingerprint density at radius 1 is 1.14 bits per heavy atom. The van der Waals surface area contributed by atoms with Crippen LogP contribution in [0.5, 0.6) is 5.75 Å². The average Bonchev–Trinajstić information content (AvgIpc) is 3.72. The maximum atomic E-state index is 15.9. The fourth-order valence-corrected chi connectivity index (χ4v) is 6.50. The number of aliphatic hydroxyl groups excluding tert-OH is 1. The first-order valence-electron chi connectivity index (χ1n) is 14.3. The first-order chi connectivity index (χ1) is 20.7. The Labute approximate surface area is 261 Å². The summed E-state index contributed by atoms with van der Waals surface area (Å²) in [5.41, 5.74) is -1.79. The number of ether oxygens (including phenoxy) is 3. The number of halogens is 7. The molecule has 5 rings (SSSR count). The summed E-state index contributed by atoms with van der Waals surface area (Å²) in [5, 5.41) is 10.4. The van der Waals surface area contributed by atoms with Crippen molar-refractivity contribution in [3.63, 3.8) is 0 Å². The normalized spacial score (nSPS) is 23.9. The Balaban J connectivity index is 1.29. The van der Waals surface area contributed by atoms with E-state index in [1.54, 1.807) is 6.92 Å². The van der Waals surface area contributed by atoms with Crippen molar-refractivity contribution in [2.24, 2.45) is 0 Å². The minimum absolute atomic E-state index is 0.0132. The number of aliphatic hydroxyl groups is 1. The van der Waals surface area contributed by atoms with Crippen molar-refractivity contribution >= 4 is 29.1 Å². The molecule has 2 saturated heterocycles. The number of methoxy groups -OCH3 is 1. The number of carbonyl (C=O) groups excluding carboxylic acids is 1. The zero-order chi connectivity index (χ0) is 32.0. The second kappa shape index (κ2) is 12.9. The van der Waals surface area contributed by atoms with Crippen LogP contribution in [0.25, 0.3) is 0 Å². The minimum atomic E-state index is -4.66. The van der Waals surface area contributed by atoms with Gasteiger partial charge in [0.25, 0.3) is 5.91 Å². The number of rotatable bonds is 9. The first kappa shape index (κ1) is 33.2. The Bertz CT molecular complexity index is 1350. The van der Waals surface area contributed by atoms with Crippen LogP contribution in [0.15, 0.2) is 30.3 Å². The van der Waals surface area contributed by atoms with Gasteiger partial charge in [0.05, 0.1) is 11.7 Å². The highest BCUT2D eigenvalue weighted by Crippen LogP contribution is 2.46. The van der Waals surface area contributed by atoms with Gasteiger partial charge in [0.1, 0.15) is 42.7 Å². The van der Waals surface area contributed by atoms with E-state index < -0.39 is 54.7 Å². The lowest BCUT2D eigenvalue weighted by Gasteiger charge is -2.41. The quantitative estimate of drug-likeness (QED) is 0.239. The number of carbonyl (C=O) groups is 1. The minimum Gasteiger partial charge on any atom is -0.490 e. The molecule has 1 aliphatic carbocycles. The van der Waals surface area contributed by atoms with Gasteiger partial charge >= 0.3 is 6.18 Å². The lowest BCUT2D eigenvalue weighted by Crippen LogP contribution is -2.49. The summed E-state index contributed by atoms with van der Waals surface area (Å²) in [6.45, 7) is 0.581. The third-order valence-electron chi connectivity index (χ3n) is 8.52. The smallest absolute Gasteiger partial charge is 0.408 e. The van der Waals surface area contributed by atoms with Crippen LogP contribution < -0.4 is 4.74 Å². The van der Waals surface area contributed by atoms with Crippen molar-refractivity contribution in [2.45, 2.75) is 74.8 Å². The predicted molar refractivity (Wildman–Crippen MR) is 152 cm³/mol. The monoisotopic (exact) mass is 666 g/mol. The average molecular weight is 667 g/mol. The van der Waals surface area contributed by atoms with Crippen LogP contribution in [-0.4, -0.2) is 84.6 Å². The van der Waals surface area contributed by atoms with Gasteiger partial charge in [-0.15, -0.1) is 0 Å². The number of likely N-dealkylation sites (tertiary alicyclic amines) is 1. The summed E-state index contributed by atoms with van der Waals surface area (Å²) in [6.07, 6.45) is -5.50. The molecule has 0 aromatic heterocycles. The number of hydrogen-bond donors (Lipinski definition) is 1. The molecule has 1 N–H and O–H groups in total. The molecule has 7 nitrogen and oxygen atoms in total. The van der Waals surface area contributed by atoms with Crippen molar-refractivity contribution in [3.8, 4) is 5.75 Å². The second-order valence-corrected chi connectivity index (χ2v) is 12.5. The van der Waals surface area contributed by atoms with Gasteiger partial charge in [0.15, 0.2) is 6.29 Å². The van der Waals surface area contributed by atoms with Gasteiger partial charge in [0.2, 0.25) is 0 Å². The fourth-order valence-electron chi connectivity index (χ4n) is 5.96. The molecule has 0 bridgehead atoms. The van der Waals surface area contributed by atoms with Gasteiger partial charge in [-0.25, -0.2) is 8.78 Å². The van der Waals surface area contributed by atoms with Gasteiger partial charge < -0.3 is 24.2 Å². The molecule has 44 heavy (non-hydrogen) atoms. The zero-order valence-corrected chi connectivity index (χ0v) is 25.6. The van der Waals surface area contributed by atoms with Gasteiger partial charge in [-0.3, -0.25) is 9.69 Å². The summed E-state index contributed by atoms with van der Waals surface area (Å²) in [5.74, 6) is -1.52. The SMILES string of the molecule is COC(O)[C@@H]1[C@@H](C)OCN1C(=O)c1cc(C2CC2)c(OCC2(F)CCN(C(c3cc(Cl)cc(Cl)c3)C(F)(F)F)CC2)cc1F. The van der Waals surface area contributed by atoms with Crippen LogP contribution in [-0.2, 0) is 9.47 Å². The zero-order valence-electron chi connectivity index (χ0n) is 24.1. The lowest BCUT2D eigenvalue weighted by molar-refractivity contribution is -0.193. The standard InChI is InChI=1S/C30H33Cl2F5N2O5/c1-16-25(28(41)42-2)39(15-44-16)27(40)22-12-21(17-3-4-17)24(13-23(22)33)43-14-29(34)5-7-38(8-6-29)26(30(35,36)37)18-9-19(31)11-20(32)10-18/h9-13,16-17,25-26,28,41H,3-8,14-15H2,1-2H3/t16-,25+,26?,28?/m1/s1. The molecule has 242 valence electrons. The molecule has 0 radical (unpaired) electrons. The van der Waals surface area contributed by atoms with Crippen molar-refractivity contribution < 1.29 is 46.1 Å². The summed E-state index contributed by atoms with van der Waals surface area (Å²) < 4.78 is 89.9. The number of nitrogens with zero attached hydrogens (tertiary/aromatic N) is 2. The van der Waals surface area contributed by atoms with E-state index in [1.807, 2.05) is 0 Å². The largest absolute Gasteiger partial charge is 0.490 e. The molecule has 0 spiro atoms. The van der Waals surface area contributed by atoms with E-state index in [9.17, 15) is 23.1 Å². The Morgan fingerprint density at radius 3 is 2.34 bits per heavy atom. The van der Waals surface area contributed by atoms with Crippen LogP contribution in [0.1, 0.15) is 66.1 Å². The van der Waals surface area contributed by atoms with Crippen molar-refractivity contribution in [3.05, 3.63) is 62.9 Å². The number of benzene rings is 2. The predicted octanol–water partition coefficient (Wildman–Crippen LogP) is 6.65. The molecule has 2 aromatic carbocycles. The summed E-state index contributed by atoms with van der Waals surface area (Å²) in [4.78, 5) is 15.7. The van der Waals surface area contributed by atoms with Gasteiger partial charge in [-0.2, -0.15) is 13.2 Å². The van der Waals surface area contributed by atoms with Gasteiger partial charge in [0, 0.05) is 36.3 Å². The van der Waals surface area contributed by atoms with Crippen LogP contribution in [0.4, 0.5) is 22.0 Å². The van der Waals surface area contributed by atoms with Gasteiger partial charge in [-0.05, 0) is 73.9 Å². The molecule has 3 fully saturated rings. The number of amides is 1. The molecule has 2 aromatic rings. The third-order valence-corrected chi connectivity index (χ3v) is 8.95. The Morgan fingerprint density at radius 2 is 1.77 bits per heavy atom. The summed E-state index contributed by atoms with van der Waals surface area (Å²) >= 11 is 11.9. The second-order valence-electron chi connectivity index (χ2n) is 11.7. The Hall–Kier alpha value is -2.22. The first-order valence-corrected chi connectivity index (χ1v) is 15.0. The highest BCUT2D eigenvalue weighted by Gasteiger charge is 2.48. The van der Waals surface area contributed by atoms with Crippen LogP contribution in [0, 0.1) is 5.82 Å². The molecule has 2 heterocycles. The van der Waals surface area contributed by atoms with E-state index in [-0.39, 0.29) is 65.5 Å². The van der Waals surface area contributed by atoms with Crippen LogP contribution in [0.2, 0.25) is 10.0 Å². The van der Waals surface area contributed by atoms with E-state index in [2.05, 4.69) is 0 Å². The van der Waals surface area contributed by atoms with E-state index >= 15 is 8.78 Å².